The second kappa shape index (κ2) is 3.65. The highest BCUT2D eigenvalue weighted by Gasteiger charge is 2.07. The maximum Gasteiger partial charge on any atom is 0.146 e. The summed E-state index contributed by atoms with van der Waals surface area (Å²) >= 11 is 0. The Bertz CT molecular complexity index is 498. The van der Waals surface area contributed by atoms with Gasteiger partial charge >= 0.3 is 0 Å². The van der Waals surface area contributed by atoms with Crippen LogP contribution >= 0.6 is 0 Å². The monoisotopic (exact) mass is 206 g/mol. The Morgan fingerprint density at radius 2 is 1.93 bits per heavy atom. The highest BCUT2D eigenvalue weighted by molar-refractivity contribution is 5.75. The SMILES string of the molecule is Nc1c(F)cccc1-c1cncc(F)c1. The van der Waals surface area contributed by atoms with Gasteiger partial charge in [-0.1, -0.05) is 12.1 Å². The van der Waals surface area contributed by atoms with Crippen molar-refractivity contribution in [1.29, 1.82) is 0 Å². The van der Waals surface area contributed by atoms with Gasteiger partial charge in [0.1, 0.15) is 11.6 Å². The van der Waals surface area contributed by atoms with Crippen molar-refractivity contribution in [3.05, 3.63) is 48.3 Å². The first-order valence-electron chi connectivity index (χ1n) is 4.33. The third kappa shape index (κ3) is 1.79. The van der Waals surface area contributed by atoms with Crippen molar-refractivity contribution in [2.75, 3.05) is 5.73 Å². The number of anilines is 1. The van der Waals surface area contributed by atoms with Gasteiger partial charge in [0.2, 0.25) is 0 Å². The van der Waals surface area contributed by atoms with Crippen LogP contribution in [0, 0.1) is 11.6 Å². The number of nitrogens with zero attached hydrogens (tertiary/aromatic N) is 1. The van der Waals surface area contributed by atoms with Crippen molar-refractivity contribution in [3.8, 4) is 11.1 Å². The number of hydrogen-bond donors (Lipinski definition) is 1. The van der Waals surface area contributed by atoms with Gasteiger partial charge in [0.25, 0.3) is 0 Å². The van der Waals surface area contributed by atoms with Gasteiger partial charge in [-0.3, -0.25) is 4.98 Å². The van der Waals surface area contributed by atoms with Gasteiger partial charge in [0, 0.05) is 17.3 Å². The molecule has 4 heteroatoms. The molecule has 76 valence electrons. The number of halogens is 2. The van der Waals surface area contributed by atoms with Crippen LogP contribution < -0.4 is 5.73 Å². The van der Waals surface area contributed by atoms with Crippen molar-refractivity contribution in [2.24, 2.45) is 0 Å². The quantitative estimate of drug-likeness (QED) is 0.728. The number of benzene rings is 1. The highest BCUT2D eigenvalue weighted by atomic mass is 19.1. The van der Waals surface area contributed by atoms with Crippen LogP contribution in [0.25, 0.3) is 11.1 Å². The number of hydrogen-bond acceptors (Lipinski definition) is 2. The Morgan fingerprint density at radius 3 is 2.67 bits per heavy atom. The summed E-state index contributed by atoms with van der Waals surface area (Å²) in [6.07, 6.45) is 2.52. The van der Waals surface area contributed by atoms with Crippen LogP contribution in [0.5, 0.6) is 0 Å². The van der Waals surface area contributed by atoms with E-state index in [1.54, 1.807) is 6.07 Å². The minimum Gasteiger partial charge on any atom is -0.396 e. The average Bonchev–Trinajstić information content (AvgIpc) is 2.22. The lowest BCUT2D eigenvalue weighted by Crippen LogP contribution is -1.94. The van der Waals surface area contributed by atoms with Gasteiger partial charge in [-0.15, -0.1) is 0 Å². The lowest BCUT2D eigenvalue weighted by Gasteiger charge is -2.05. The van der Waals surface area contributed by atoms with E-state index in [0.29, 0.717) is 11.1 Å². The summed E-state index contributed by atoms with van der Waals surface area (Å²) < 4.78 is 26.0. The molecule has 2 aromatic rings. The molecule has 2 rings (SSSR count). The molecule has 1 aromatic heterocycles. The molecule has 0 aliphatic carbocycles. The predicted molar refractivity (Wildman–Crippen MR) is 54.0 cm³/mol. The second-order valence-electron chi connectivity index (χ2n) is 3.09. The molecular weight excluding hydrogens is 198 g/mol. The smallest absolute Gasteiger partial charge is 0.146 e. The van der Waals surface area contributed by atoms with Crippen molar-refractivity contribution in [2.45, 2.75) is 0 Å². The average molecular weight is 206 g/mol. The van der Waals surface area contributed by atoms with E-state index in [4.69, 9.17) is 5.73 Å². The summed E-state index contributed by atoms with van der Waals surface area (Å²) in [4.78, 5) is 3.68. The summed E-state index contributed by atoms with van der Waals surface area (Å²) in [6, 6.07) is 5.66. The fourth-order valence-corrected chi connectivity index (χ4v) is 1.35. The Labute approximate surface area is 85.4 Å². The fourth-order valence-electron chi connectivity index (χ4n) is 1.35. The van der Waals surface area contributed by atoms with Gasteiger partial charge in [0.05, 0.1) is 11.9 Å². The summed E-state index contributed by atoms with van der Waals surface area (Å²) in [7, 11) is 0. The minimum atomic E-state index is -0.517. The highest BCUT2D eigenvalue weighted by Crippen LogP contribution is 2.27. The van der Waals surface area contributed by atoms with E-state index < -0.39 is 11.6 Å². The largest absolute Gasteiger partial charge is 0.396 e. The van der Waals surface area contributed by atoms with Gasteiger partial charge in [-0.25, -0.2) is 8.78 Å². The molecule has 0 amide bonds. The maximum absolute atomic E-state index is 13.1. The first kappa shape index (κ1) is 9.58. The Morgan fingerprint density at radius 1 is 1.13 bits per heavy atom. The van der Waals surface area contributed by atoms with Crippen LogP contribution in [0.3, 0.4) is 0 Å². The van der Waals surface area contributed by atoms with Crippen molar-refractivity contribution < 1.29 is 8.78 Å². The Hall–Kier alpha value is -1.97. The summed E-state index contributed by atoms with van der Waals surface area (Å²) in [5.74, 6) is -0.993. The second-order valence-corrected chi connectivity index (χ2v) is 3.09. The zero-order valence-corrected chi connectivity index (χ0v) is 7.74. The van der Waals surface area contributed by atoms with Crippen LogP contribution in [-0.4, -0.2) is 4.98 Å². The van der Waals surface area contributed by atoms with E-state index in [9.17, 15) is 8.78 Å². The van der Waals surface area contributed by atoms with Crippen molar-refractivity contribution in [1.82, 2.24) is 4.98 Å². The summed E-state index contributed by atoms with van der Waals surface area (Å²) in [5, 5.41) is 0. The lowest BCUT2D eigenvalue weighted by atomic mass is 10.1. The molecule has 0 aliphatic rings. The van der Waals surface area contributed by atoms with Crippen molar-refractivity contribution >= 4 is 5.69 Å². The van der Waals surface area contributed by atoms with Crippen LogP contribution in [0.2, 0.25) is 0 Å². The molecular formula is C11H8F2N2. The number of nitrogens with two attached hydrogens (primary N) is 1. The predicted octanol–water partition coefficient (Wildman–Crippen LogP) is 2.61. The number of nitrogen functional groups attached to an aromatic ring is 1. The molecule has 0 fully saturated rings. The van der Waals surface area contributed by atoms with Gasteiger partial charge in [-0.2, -0.15) is 0 Å². The number of rotatable bonds is 1. The molecule has 1 aromatic carbocycles. The van der Waals surface area contributed by atoms with Crippen molar-refractivity contribution in [3.63, 3.8) is 0 Å². The zero-order chi connectivity index (χ0) is 10.8. The van der Waals surface area contributed by atoms with Crippen LogP contribution in [-0.2, 0) is 0 Å². The zero-order valence-electron chi connectivity index (χ0n) is 7.74. The van der Waals surface area contributed by atoms with Crippen LogP contribution in [0.15, 0.2) is 36.7 Å². The van der Waals surface area contributed by atoms with Gasteiger partial charge in [-0.05, 0) is 12.1 Å². The molecule has 0 saturated heterocycles. The van der Waals surface area contributed by atoms with E-state index in [1.165, 1.54) is 24.4 Å². The molecule has 1 heterocycles. The molecule has 0 spiro atoms. The Balaban J connectivity index is 2.59. The fraction of sp³-hybridized carbons (Fsp3) is 0. The third-order valence-corrected chi connectivity index (χ3v) is 2.07. The number of aromatic nitrogens is 1. The molecule has 15 heavy (non-hydrogen) atoms. The Kier molecular flexibility index (Phi) is 2.33. The van der Waals surface area contributed by atoms with Crippen LogP contribution in [0.1, 0.15) is 0 Å². The molecule has 2 nitrogen and oxygen atoms in total. The van der Waals surface area contributed by atoms with E-state index in [1.807, 2.05) is 0 Å². The minimum absolute atomic E-state index is 0.00454. The van der Waals surface area contributed by atoms with E-state index in [0.717, 1.165) is 6.20 Å². The molecule has 0 bridgehead atoms. The lowest BCUT2D eigenvalue weighted by molar-refractivity contribution is 0.621. The molecule has 0 unspecified atom stereocenters. The first-order valence-corrected chi connectivity index (χ1v) is 4.33. The molecule has 0 aliphatic heterocycles. The summed E-state index contributed by atoms with van der Waals surface area (Å²) in [6.45, 7) is 0. The third-order valence-electron chi connectivity index (χ3n) is 2.07. The topological polar surface area (TPSA) is 38.9 Å². The number of pyridine rings is 1. The van der Waals surface area contributed by atoms with Gasteiger partial charge in [0.15, 0.2) is 0 Å². The molecule has 0 atom stereocenters. The number of para-hydroxylation sites is 1. The van der Waals surface area contributed by atoms with E-state index >= 15 is 0 Å². The molecule has 2 N–H and O–H groups in total. The summed E-state index contributed by atoms with van der Waals surface area (Å²) in [5.41, 5.74) is 6.46. The first-order chi connectivity index (χ1) is 7.18. The van der Waals surface area contributed by atoms with E-state index in [-0.39, 0.29) is 5.69 Å². The normalized spacial score (nSPS) is 10.3. The molecule has 0 radical (unpaired) electrons. The van der Waals surface area contributed by atoms with Gasteiger partial charge < -0.3 is 5.73 Å². The van der Waals surface area contributed by atoms with E-state index in [2.05, 4.69) is 4.98 Å². The van der Waals surface area contributed by atoms with Crippen LogP contribution in [0.4, 0.5) is 14.5 Å². The standard InChI is InChI=1S/C11H8F2N2/c12-8-4-7(5-15-6-8)9-2-1-3-10(13)11(9)14/h1-6H,14H2. The maximum atomic E-state index is 13.1. The molecule has 0 saturated carbocycles.